The highest BCUT2D eigenvalue weighted by Gasteiger charge is 1.93. The van der Waals surface area contributed by atoms with Crippen LogP contribution in [0.15, 0.2) is 12.4 Å². The molecule has 0 radical (unpaired) electrons. The molecular formula is C6H12N2O3S. The third-order valence-electron chi connectivity index (χ3n) is 1.000. The van der Waals surface area contributed by atoms with Crippen LogP contribution >= 0.6 is 0 Å². The van der Waals surface area contributed by atoms with E-state index >= 15 is 0 Å². The van der Waals surface area contributed by atoms with Crippen LogP contribution in [0.25, 0.3) is 0 Å². The maximum Gasteiger partial charge on any atom is 0.264 e. The minimum atomic E-state index is -3.66. The lowest BCUT2D eigenvalue weighted by molar-refractivity contribution is 0.484. The van der Waals surface area contributed by atoms with Crippen LogP contribution < -0.4 is 0 Å². The molecule has 2 N–H and O–H groups in total. The van der Waals surface area contributed by atoms with Crippen LogP contribution in [0.5, 0.6) is 0 Å². The number of H-pyrrole nitrogens is 1. The normalized spacial score (nSPS) is 10.2. The second-order valence-corrected chi connectivity index (χ2v) is 3.79. The molecule has 0 aliphatic rings. The SMILES string of the molecule is CCS(=O)(=O)O.Cc1ncc[nH]1. The number of aromatic amines is 1. The molecule has 5 nitrogen and oxygen atoms in total. The van der Waals surface area contributed by atoms with Crippen molar-refractivity contribution in [2.24, 2.45) is 0 Å². The number of imidazole rings is 1. The molecule has 0 bridgehead atoms. The van der Waals surface area contributed by atoms with E-state index in [9.17, 15) is 8.42 Å². The average Bonchev–Trinajstić information content (AvgIpc) is 2.39. The van der Waals surface area contributed by atoms with Gasteiger partial charge in [0.2, 0.25) is 0 Å². The second-order valence-electron chi connectivity index (χ2n) is 2.05. The number of hydrogen-bond acceptors (Lipinski definition) is 3. The first kappa shape index (κ1) is 11.1. The maximum atomic E-state index is 9.56. The van der Waals surface area contributed by atoms with Gasteiger partial charge < -0.3 is 4.98 Å². The van der Waals surface area contributed by atoms with Crippen molar-refractivity contribution >= 4 is 10.1 Å². The predicted molar refractivity (Wildman–Crippen MR) is 45.4 cm³/mol. The van der Waals surface area contributed by atoms with Crippen LogP contribution in [0.1, 0.15) is 12.7 Å². The highest BCUT2D eigenvalue weighted by molar-refractivity contribution is 7.85. The van der Waals surface area contributed by atoms with E-state index < -0.39 is 10.1 Å². The summed E-state index contributed by atoms with van der Waals surface area (Å²) in [5.74, 6) is 0.766. The lowest BCUT2D eigenvalue weighted by atomic mass is 10.8. The summed E-state index contributed by atoms with van der Waals surface area (Å²) in [6, 6.07) is 0. The molecule has 12 heavy (non-hydrogen) atoms. The summed E-state index contributed by atoms with van der Waals surface area (Å²) in [6.45, 7) is 3.29. The largest absolute Gasteiger partial charge is 0.349 e. The van der Waals surface area contributed by atoms with Gasteiger partial charge in [0.05, 0.1) is 5.75 Å². The van der Waals surface area contributed by atoms with Gasteiger partial charge in [0, 0.05) is 12.4 Å². The van der Waals surface area contributed by atoms with Crippen molar-refractivity contribution in [2.75, 3.05) is 5.75 Å². The topological polar surface area (TPSA) is 83.1 Å². The lowest BCUT2D eigenvalue weighted by Gasteiger charge is -1.79. The third kappa shape index (κ3) is 7.23. The molecule has 1 rings (SSSR count). The predicted octanol–water partition coefficient (Wildman–Crippen LogP) is 0.612. The Kier molecular flexibility index (Phi) is 4.53. The number of aromatic nitrogens is 2. The molecule has 1 aromatic heterocycles. The maximum absolute atomic E-state index is 9.56. The van der Waals surface area contributed by atoms with Crippen LogP contribution in [0.2, 0.25) is 0 Å². The van der Waals surface area contributed by atoms with Gasteiger partial charge in [-0.2, -0.15) is 8.42 Å². The molecular weight excluding hydrogens is 180 g/mol. The van der Waals surface area contributed by atoms with E-state index in [0.29, 0.717) is 0 Å². The Morgan fingerprint density at radius 3 is 2.25 bits per heavy atom. The van der Waals surface area contributed by atoms with Gasteiger partial charge in [0.15, 0.2) is 0 Å². The number of rotatable bonds is 1. The van der Waals surface area contributed by atoms with Crippen LogP contribution in [-0.2, 0) is 10.1 Å². The van der Waals surface area contributed by atoms with Crippen molar-refractivity contribution in [3.8, 4) is 0 Å². The van der Waals surface area contributed by atoms with Gasteiger partial charge in [0.1, 0.15) is 5.82 Å². The molecule has 0 fully saturated rings. The Labute approximate surface area is 71.6 Å². The van der Waals surface area contributed by atoms with E-state index in [0.717, 1.165) is 5.82 Å². The summed E-state index contributed by atoms with van der Waals surface area (Å²) in [4.78, 5) is 6.75. The van der Waals surface area contributed by atoms with Gasteiger partial charge in [0.25, 0.3) is 10.1 Å². The van der Waals surface area contributed by atoms with E-state index in [4.69, 9.17) is 4.55 Å². The van der Waals surface area contributed by atoms with Crippen molar-refractivity contribution in [3.63, 3.8) is 0 Å². The van der Waals surface area contributed by atoms with Crippen LogP contribution in [0.4, 0.5) is 0 Å². The molecule has 0 saturated carbocycles. The third-order valence-corrected chi connectivity index (χ3v) is 1.73. The minimum absolute atomic E-state index is 0.201. The first-order valence-electron chi connectivity index (χ1n) is 3.37. The quantitative estimate of drug-likeness (QED) is 0.639. The van der Waals surface area contributed by atoms with Crippen molar-refractivity contribution in [1.82, 2.24) is 9.97 Å². The molecule has 0 amide bonds. The fourth-order valence-electron chi connectivity index (χ4n) is 0.344. The molecule has 0 aromatic carbocycles. The Balaban J connectivity index is 0.000000202. The lowest BCUT2D eigenvalue weighted by Crippen LogP contribution is -1.97. The Morgan fingerprint density at radius 2 is 2.17 bits per heavy atom. The molecule has 70 valence electrons. The van der Waals surface area contributed by atoms with Crippen molar-refractivity contribution in [3.05, 3.63) is 18.2 Å². The number of hydrogen-bond donors (Lipinski definition) is 2. The molecule has 0 unspecified atom stereocenters. The van der Waals surface area contributed by atoms with E-state index in [1.807, 2.05) is 6.92 Å². The highest BCUT2D eigenvalue weighted by atomic mass is 32.2. The molecule has 0 aliphatic carbocycles. The fraction of sp³-hybridized carbons (Fsp3) is 0.500. The summed E-state index contributed by atoms with van der Waals surface area (Å²) in [5.41, 5.74) is 0. The first-order valence-corrected chi connectivity index (χ1v) is 4.97. The standard InChI is InChI=1S/C4H6N2.C2H6O3S/c1-4-5-2-3-6-4;1-2-6(3,4)5/h2-3H,1H3,(H,5,6);2H2,1H3,(H,3,4,5). The van der Waals surface area contributed by atoms with Crippen LogP contribution in [0, 0.1) is 6.92 Å². The molecule has 1 heterocycles. The zero-order valence-corrected chi connectivity index (χ0v) is 7.80. The second kappa shape index (κ2) is 4.89. The molecule has 1 aromatic rings. The van der Waals surface area contributed by atoms with E-state index in [2.05, 4.69) is 9.97 Å². The van der Waals surface area contributed by atoms with Crippen molar-refractivity contribution in [1.29, 1.82) is 0 Å². The van der Waals surface area contributed by atoms with Gasteiger partial charge in [-0.1, -0.05) is 0 Å². The zero-order chi connectivity index (χ0) is 9.61. The Morgan fingerprint density at radius 1 is 1.67 bits per heavy atom. The molecule has 6 heteroatoms. The van der Waals surface area contributed by atoms with Crippen LogP contribution in [-0.4, -0.2) is 28.7 Å². The summed E-state index contributed by atoms with van der Waals surface area (Å²) >= 11 is 0. The molecule has 0 spiro atoms. The monoisotopic (exact) mass is 192 g/mol. The molecule has 0 saturated heterocycles. The zero-order valence-electron chi connectivity index (χ0n) is 6.98. The summed E-state index contributed by atoms with van der Waals surface area (Å²) < 4.78 is 26.9. The highest BCUT2D eigenvalue weighted by Crippen LogP contribution is 1.78. The summed E-state index contributed by atoms with van der Waals surface area (Å²) in [5, 5.41) is 0. The summed E-state index contributed by atoms with van der Waals surface area (Å²) in [7, 11) is -3.66. The number of nitrogens with one attached hydrogen (secondary N) is 1. The number of aryl methyl sites for hydroxylation is 1. The fourth-order valence-corrected chi connectivity index (χ4v) is 0.344. The van der Waals surface area contributed by atoms with E-state index in [-0.39, 0.29) is 5.75 Å². The van der Waals surface area contributed by atoms with Crippen molar-refractivity contribution in [2.45, 2.75) is 13.8 Å². The van der Waals surface area contributed by atoms with Gasteiger partial charge >= 0.3 is 0 Å². The Bertz CT molecular complexity index is 291. The van der Waals surface area contributed by atoms with Gasteiger partial charge in [-0.15, -0.1) is 0 Å². The van der Waals surface area contributed by atoms with E-state index in [1.165, 1.54) is 6.92 Å². The smallest absolute Gasteiger partial charge is 0.264 e. The molecule has 0 aliphatic heterocycles. The molecule has 0 atom stereocenters. The van der Waals surface area contributed by atoms with E-state index in [1.54, 1.807) is 12.4 Å². The first-order chi connectivity index (χ1) is 5.45. The van der Waals surface area contributed by atoms with Crippen LogP contribution in [0.3, 0.4) is 0 Å². The van der Waals surface area contributed by atoms with Gasteiger partial charge in [-0.3, -0.25) is 4.55 Å². The average molecular weight is 192 g/mol. The van der Waals surface area contributed by atoms with Gasteiger partial charge in [-0.05, 0) is 13.8 Å². The van der Waals surface area contributed by atoms with Crippen molar-refractivity contribution < 1.29 is 13.0 Å². The minimum Gasteiger partial charge on any atom is -0.349 e. The van der Waals surface area contributed by atoms with Gasteiger partial charge in [-0.25, -0.2) is 4.98 Å². The number of nitrogens with zero attached hydrogens (tertiary/aromatic N) is 1. The summed E-state index contributed by atoms with van der Waals surface area (Å²) in [6.07, 6.45) is 3.53. The Hall–Kier alpha value is -0.880.